The summed E-state index contributed by atoms with van der Waals surface area (Å²) in [6.07, 6.45) is 0.458. The van der Waals surface area contributed by atoms with Crippen LogP contribution in [0.25, 0.3) is 0 Å². The SMILES string of the molecule is CC(C)C(=O)Nc1cccc(CNC(=O)C2(C)CC2(Cl)Cl)c1. The molecule has 1 aliphatic carbocycles. The second-order valence-electron chi connectivity index (χ2n) is 6.24. The van der Waals surface area contributed by atoms with Gasteiger partial charge in [-0.05, 0) is 31.0 Å². The summed E-state index contributed by atoms with van der Waals surface area (Å²) in [5.74, 6) is -0.284. The molecule has 1 saturated carbocycles. The van der Waals surface area contributed by atoms with Gasteiger partial charge in [-0.1, -0.05) is 26.0 Å². The van der Waals surface area contributed by atoms with Gasteiger partial charge in [0.15, 0.2) is 0 Å². The summed E-state index contributed by atoms with van der Waals surface area (Å²) in [7, 11) is 0. The summed E-state index contributed by atoms with van der Waals surface area (Å²) in [6, 6.07) is 7.37. The van der Waals surface area contributed by atoms with Crippen LogP contribution in [0.4, 0.5) is 5.69 Å². The van der Waals surface area contributed by atoms with Crippen molar-refractivity contribution in [1.82, 2.24) is 5.32 Å². The minimum Gasteiger partial charge on any atom is -0.351 e. The first kappa shape index (κ1) is 17.1. The van der Waals surface area contributed by atoms with Crippen molar-refractivity contribution in [3.8, 4) is 0 Å². The van der Waals surface area contributed by atoms with Crippen molar-refractivity contribution in [3.05, 3.63) is 29.8 Å². The molecule has 0 spiro atoms. The summed E-state index contributed by atoms with van der Waals surface area (Å²) in [5, 5.41) is 5.67. The summed E-state index contributed by atoms with van der Waals surface area (Å²) in [5.41, 5.74) is 0.889. The molecule has 0 aromatic heterocycles. The van der Waals surface area contributed by atoms with E-state index in [1.165, 1.54) is 0 Å². The fraction of sp³-hybridized carbons (Fsp3) is 0.500. The lowest BCUT2D eigenvalue weighted by Crippen LogP contribution is -2.32. The highest BCUT2D eigenvalue weighted by Gasteiger charge is 2.67. The van der Waals surface area contributed by atoms with E-state index in [9.17, 15) is 9.59 Å². The third-order valence-corrected chi connectivity index (χ3v) is 5.03. The molecule has 22 heavy (non-hydrogen) atoms. The Morgan fingerprint density at radius 3 is 2.50 bits per heavy atom. The molecule has 1 fully saturated rings. The molecule has 0 radical (unpaired) electrons. The van der Waals surface area contributed by atoms with Crippen molar-refractivity contribution < 1.29 is 9.59 Å². The van der Waals surface area contributed by atoms with Gasteiger partial charge in [0.2, 0.25) is 11.8 Å². The van der Waals surface area contributed by atoms with Gasteiger partial charge in [-0.15, -0.1) is 23.2 Å². The Balaban J connectivity index is 1.94. The zero-order valence-corrected chi connectivity index (χ0v) is 14.4. The largest absolute Gasteiger partial charge is 0.351 e. The number of rotatable bonds is 5. The van der Waals surface area contributed by atoms with Gasteiger partial charge in [0.05, 0.1) is 5.41 Å². The van der Waals surface area contributed by atoms with E-state index in [1.54, 1.807) is 6.92 Å². The molecule has 2 rings (SSSR count). The summed E-state index contributed by atoms with van der Waals surface area (Å²) < 4.78 is -0.968. The standard InChI is InChI=1S/C16H20Cl2N2O2/c1-10(2)13(21)20-12-6-4-5-11(7-12)8-19-14(22)15(3)9-16(15,17)18/h4-7,10H,8-9H2,1-3H3,(H,19,22)(H,20,21). The number of anilines is 1. The predicted molar refractivity (Wildman–Crippen MR) is 88.9 cm³/mol. The Kier molecular flexibility index (Phi) is 4.73. The van der Waals surface area contributed by atoms with Crippen LogP contribution in [0.3, 0.4) is 0 Å². The highest BCUT2D eigenvalue weighted by Crippen LogP contribution is 2.63. The van der Waals surface area contributed by atoms with Gasteiger partial charge in [-0.3, -0.25) is 9.59 Å². The van der Waals surface area contributed by atoms with Gasteiger partial charge in [-0.25, -0.2) is 0 Å². The lowest BCUT2D eigenvalue weighted by atomic mass is 10.1. The third kappa shape index (κ3) is 3.55. The molecule has 120 valence electrons. The monoisotopic (exact) mass is 342 g/mol. The van der Waals surface area contributed by atoms with Crippen LogP contribution in [-0.4, -0.2) is 16.1 Å². The molecular formula is C16H20Cl2N2O2. The number of nitrogens with one attached hydrogen (secondary N) is 2. The maximum Gasteiger partial charge on any atom is 0.229 e. The van der Waals surface area contributed by atoms with Crippen LogP contribution in [0, 0.1) is 11.3 Å². The maximum absolute atomic E-state index is 12.1. The molecule has 2 N–H and O–H groups in total. The lowest BCUT2D eigenvalue weighted by Gasteiger charge is -2.13. The van der Waals surface area contributed by atoms with Crippen molar-refractivity contribution >= 4 is 40.7 Å². The third-order valence-electron chi connectivity index (χ3n) is 3.93. The van der Waals surface area contributed by atoms with Crippen molar-refractivity contribution in [1.29, 1.82) is 0 Å². The van der Waals surface area contributed by atoms with Gasteiger partial charge in [0, 0.05) is 18.2 Å². The average molecular weight is 343 g/mol. The van der Waals surface area contributed by atoms with Gasteiger partial charge in [0.1, 0.15) is 4.33 Å². The first-order valence-corrected chi connectivity index (χ1v) is 7.97. The van der Waals surface area contributed by atoms with E-state index < -0.39 is 9.75 Å². The Bertz CT molecular complexity index is 602. The fourth-order valence-electron chi connectivity index (χ4n) is 2.07. The summed E-state index contributed by atoms with van der Waals surface area (Å²) >= 11 is 12.0. The maximum atomic E-state index is 12.1. The Morgan fingerprint density at radius 1 is 1.32 bits per heavy atom. The number of halogens is 2. The van der Waals surface area contributed by atoms with E-state index in [4.69, 9.17) is 23.2 Å². The molecule has 2 amide bonds. The Morgan fingerprint density at radius 2 is 1.95 bits per heavy atom. The van der Waals surface area contributed by atoms with E-state index in [1.807, 2.05) is 38.1 Å². The quantitative estimate of drug-likeness (QED) is 0.804. The van der Waals surface area contributed by atoms with Crippen LogP contribution in [0.15, 0.2) is 24.3 Å². The second-order valence-corrected chi connectivity index (χ2v) is 7.72. The molecule has 1 unspecified atom stereocenters. The van der Waals surface area contributed by atoms with E-state index in [0.717, 1.165) is 5.56 Å². The fourth-order valence-corrected chi connectivity index (χ4v) is 2.78. The smallest absolute Gasteiger partial charge is 0.229 e. The normalized spacial score (nSPS) is 22.3. The van der Waals surface area contributed by atoms with Crippen LogP contribution >= 0.6 is 23.2 Å². The van der Waals surface area contributed by atoms with Crippen LogP contribution in [0.5, 0.6) is 0 Å². The average Bonchev–Trinajstić information content (AvgIpc) is 2.96. The van der Waals surface area contributed by atoms with Crippen molar-refractivity contribution in [2.75, 3.05) is 5.32 Å². The zero-order valence-electron chi connectivity index (χ0n) is 12.9. The highest BCUT2D eigenvalue weighted by molar-refractivity contribution is 6.53. The number of hydrogen-bond donors (Lipinski definition) is 2. The van der Waals surface area contributed by atoms with Gasteiger partial charge < -0.3 is 10.6 Å². The molecule has 1 aliphatic rings. The van der Waals surface area contributed by atoms with Gasteiger partial charge in [0.25, 0.3) is 0 Å². The molecule has 0 saturated heterocycles. The molecule has 0 aliphatic heterocycles. The van der Waals surface area contributed by atoms with E-state index in [-0.39, 0.29) is 17.7 Å². The number of amides is 2. The topological polar surface area (TPSA) is 58.2 Å². The van der Waals surface area contributed by atoms with Crippen LogP contribution in [0.2, 0.25) is 0 Å². The molecule has 1 atom stereocenters. The molecule has 0 heterocycles. The predicted octanol–water partition coefficient (Wildman–Crippen LogP) is 3.48. The van der Waals surface area contributed by atoms with Crippen LogP contribution in [-0.2, 0) is 16.1 Å². The molecule has 1 aromatic rings. The molecule has 1 aromatic carbocycles. The Labute approximate surface area is 140 Å². The summed E-state index contributed by atoms with van der Waals surface area (Å²) in [6.45, 7) is 5.78. The number of hydrogen-bond acceptors (Lipinski definition) is 2. The molecule has 0 bridgehead atoms. The summed E-state index contributed by atoms with van der Waals surface area (Å²) in [4.78, 5) is 23.8. The second kappa shape index (κ2) is 6.09. The van der Waals surface area contributed by atoms with Gasteiger partial charge >= 0.3 is 0 Å². The van der Waals surface area contributed by atoms with Crippen molar-refractivity contribution in [2.45, 2.75) is 38.1 Å². The van der Waals surface area contributed by atoms with E-state index >= 15 is 0 Å². The number of alkyl halides is 2. The number of carbonyl (C=O) groups excluding carboxylic acids is 2. The Hall–Kier alpha value is -1.26. The van der Waals surface area contributed by atoms with E-state index in [0.29, 0.717) is 18.7 Å². The van der Waals surface area contributed by atoms with Crippen molar-refractivity contribution in [3.63, 3.8) is 0 Å². The van der Waals surface area contributed by atoms with Crippen molar-refractivity contribution in [2.24, 2.45) is 11.3 Å². The van der Waals surface area contributed by atoms with Gasteiger partial charge in [-0.2, -0.15) is 0 Å². The van der Waals surface area contributed by atoms with Crippen LogP contribution in [0.1, 0.15) is 32.8 Å². The molecular weight excluding hydrogens is 323 g/mol. The highest BCUT2D eigenvalue weighted by atomic mass is 35.5. The van der Waals surface area contributed by atoms with E-state index in [2.05, 4.69) is 10.6 Å². The first-order chi connectivity index (χ1) is 10.2. The zero-order chi connectivity index (χ0) is 16.5. The lowest BCUT2D eigenvalue weighted by molar-refractivity contribution is -0.126. The number of benzene rings is 1. The number of carbonyl (C=O) groups is 2. The molecule has 4 nitrogen and oxygen atoms in total. The minimum atomic E-state index is -0.968. The molecule has 6 heteroatoms. The minimum absolute atomic E-state index is 0.0410. The van der Waals surface area contributed by atoms with Crippen LogP contribution < -0.4 is 10.6 Å². The first-order valence-electron chi connectivity index (χ1n) is 7.22.